The first-order valence-corrected chi connectivity index (χ1v) is 7.07. The summed E-state index contributed by atoms with van der Waals surface area (Å²) in [5.41, 5.74) is -2.50. The SMILES string of the molecule is CCOC(=O)C(F)(F)[C@H]1OC(=O)N[C@](C)(c2ccccc2F)[C@H]1F. The minimum atomic E-state index is -4.43. The van der Waals surface area contributed by atoms with Crippen molar-refractivity contribution in [3.05, 3.63) is 35.6 Å². The summed E-state index contributed by atoms with van der Waals surface area (Å²) in [6.07, 6.45) is -6.77. The third-order valence-electron chi connectivity index (χ3n) is 3.75. The van der Waals surface area contributed by atoms with E-state index in [2.05, 4.69) is 9.47 Å². The highest BCUT2D eigenvalue weighted by atomic mass is 19.3. The van der Waals surface area contributed by atoms with Gasteiger partial charge in [-0.2, -0.15) is 8.78 Å². The summed E-state index contributed by atoms with van der Waals surface area (Å²) in [6.45, 7) is 1.96. The Labute approximate surface area is 134 Å². The Balaban J connectivity index is 2.45. The lowest BCUT2D eigenvalue weighted by atomic mass is 9.81. The summed E-state index contributed by atoms with van der Waals surface area (Å²) >= 11 is 0. The third kappa shape index (κ3) is 2.90. The van der Waals surface area contributed by atoms with E-state index in [0.29, 0.717) is 0 Å². The summed E-state index contributed by atoms with van der Waals surface area (Å²) in [7, 11) is 0. The number of amides is 1. The molecule has 1 fully saturated rings. The lowest BCUT2D eigenvalue weighted by Gasteiger charge is -2.43. The number of halogens is 4. The molecule has 0 saturated carbocycles. The fourth-order valence-electron chi connectivity index (χ4n) is 2.49. The molecule has 1 aromatic rings. The van der Waals surface area contributed by atoms with Crippen LogP contribution in [0.25, 0.3) is 0 Å². The predicted molar refractivity (Wildman–Crippen MR) is 73.6 cm³/mol. The van der Waals surface area contributed by atoms with Crippen LogP contribution in [-0.4, -0.2) is 36.9 Å². The Kier molecular flexibility index (Phi) is 4.73. The van der Waals surface area contributed by atoms with Crippen LogP contribution in [-0.2, 0) is 19.8 Å². The Hall–Kier alpha value is -2.32. The maximum Gasteiger partial charge on any atom is 0.408 e. The maximum absolute atomic E-state index is 14.8. The fraction of sp³-hybridized carbons (Fsp3) is 0.467. The van der Waals surface area contributed by atoms with Gasteiger partial charge in [-0.05, 0) is 19.9 Å². The lowest BCUT2D eigenvalue weighted by molar-refractivity contribution is -0.204. The Morgan fingerprint density at radius 3 is 2.62 bits per heavy atom. The van der Waals surface area contributed by atoms with Crippen LogP contribution in [0, 0.1) is 5.82 Å². The van der Waals surface area contributed by atoms with E-state index < -0.39 is 41.6 Å². The quantitative estimate of drug-likeness (QED) is 0.671. The van der Waals surface area contributed by atoms with Gasteiger partial charge in [0.2, 0.25) is 6.10 Å². The van der Waals surface area contributed by atoms with Crippen LogP contribution in [0.3, 0.4) is 0 Å². The van der Waals surface area contributed by atoms with Crippen molar-refractivity contribution in [1.29, 1.82) is 0 Å². The van der Waals surface area contributed by atoms with E-state index >= 15 is 0 Å². The number of cyclic esters (lactones) is 1. The van der Waals surface area contributed by atoms with Gasteiger partial charge in [-0.15, -0.1) is 0 Å². The van der Waals surface area contributed by atoms with Crippen LogP contribution in [0.15, 0.2) is 24.3 Å². The first kappa shape index (κ1) is 18.0. The molecule has 1 heterocycles. The molecule has 1 amide bonds. The second kappa shape index (κ2) is 6.29. The molecule has 0 aliphatic carbocycles. The molecule has 132 valence electrons. The first-order chi connectivity index (χ1) is 11.1. The lowest BCUT2D eigenvalue weighted by Crippen LogP contribution is -2.66. The number of alkyl halides is 3. The number of benzene rings is 1. The van der Waals surface area contributed by atoms with Crippen molar-refractivity contribution < 1.29 is 36.6 Å². The zero-order valence-corrected chi connectivity index (χ0v) is 12.8. The molecule has 0 radical (unpaired) electrons. The first-order valence-electron chi connectivity index (χ1n) is 7.07. The van der Waals surface area contributed by atoms with Crippen molar-refractivity contribution in [3.8, 4) is 0 Å². The van der Waals surface area contributed by atoms with Crippen LogP contribution < -0.4 is 5.32 Å². The molecular weight excluding hydrogens is 334 g/mol. The zero-order valence-electron chi connectivity index (χ0n) is 12.8. The van der Waals surface area contributed by atoms with Gasteiger partial charge in [-0.25, -0.2) is 18.4 Å². The topological polar surface area (TPSA) is 64.6 Å². The van der Waals surface area contributed by atoms with Gasteiger partial charge in [0.15, 0.2) is 6.17 Å². The molecule has 1 aromatic carbocycles. The second-order valence-corrected chi connectivity index (χ2v) is 5.38. The van der Waals surface area contributed by atoms with Gasteiger partial charge in [-0.3, -0.25) is 0 Å². The molecule has 1 N–H and O–H groups in total. The average molecular weight is 349 g/mol. The summed E-state index contributed by atoms with van der Waals surface area (Å²) in [5.74, 6) is -7.36. The van der Waals surface area contributed by atoms with E-state index in [1.165, 1.54) is 19.1 Å². The molecular formula is C15H15F4NO4. The molecule has 1 saturated heterocycles. The minimum absolute atomic E-state index is 0.348. The highest BCUT2D eigenvalue weighted by molar-refractivity contribution is 5.80. The highest BCUT2D eigenvalue weighted by Crippen LogP contribution is 2.40. The number of nitrogens with one attached hydrogen (secondary N) is 1. The predicted octanol–water partition coefficient (Wildman–Crippen LogP) is 2.69. The second-order valence-electron chi connectivity index (χ2n) is 5.38. The smallest absolute Gasteiger partial charge is 0.408 e. The van der Waals surface area contributed by atoms with Crippen molar-refractivity contribution >= 4 is 12.1 Å². The van der Waals surface area contributed by atoms with Crippen molar-refractivity contribution in [2.45, 2.75) is 37.6 Å². The van der Waals surface area contributed by atoms with E-state index in [0.717, 1.165) is 19.1 Å². The van der Waals surface area contributed by atoms with Crippen LogP contribution in [0.4, 0.5) is 22.4 Å². The molecule has 5 nitrogen and oxygen atoms in total. The molecule has 0 bridgehead atoms. The van der Waals surface area contributed by atoms with E-state index in [9.17, 15) is 27.2 Å². The normalized spacial score (nSPS) is 27.2. The van der Waals surface area contributed by atoms with Crippen LogP contribution >= 0.6 is 0 Å². The van der Waals surface area contributed by atoms with E-state index in [1.54, 1.807) is 0 Å². The molecule has 0 unspecified atom stereocenters. The number of ether oxygens (including phenoxy) is 2. The summed E-state index contributed by atoms with van der Waals surface area (Å²) in [4.78, 5) is 23.0. The summed E-state index contributed by atoms with van der Waals surface area (Å²) < 4.78 is 65.6. The van der Waals surface area contributed by atoms with Crippen LogP contribution in [0.2, 0.25) is 0 Å². The number of carbonyl (C=O) groups excluding carboxylic acids is 2. The molecule has 24 heavy (non-hydrogen) atoms. The largest absolute Gasteiger partial charge is 0.461 e. The van der Waals surface area contributed by atoms with Crippen molar-refractivity contribution in [2.75, 3.05) is 6.61 Å². The van der Waals surface area contributed by atoms with Gasteiger partial charge >= 0.3 is 18.0 Å². The number of hydrogen-bond acceptors (Lipinski definition) is 4. The number of carbonyl (C=O) groups is 2. The van der Waals surface area contributed by atoms with E-state index in [-0.39, 0.29) is 12.2 Å². The fourth-order valence-corrected chi connectivity index (χ4v) is 2.49. The van der Waals surface area contributed by atoms with Gasteiger partial charge in [0.25, 0.3) is 0 Å². The van der Waals surface area contributed by atoms with Gasteiger partial charge in [-0.1, -0.05) is 18.2 Å². The maximum atomic E-state index is 14.8. The monoisotopic (exact) mass is 349 g/mol. The number of rotatable bonds is 4. The molecule has 3 atom stereocenters. The van der Waals surface area contributed by atoms with Gasteiger partial charge in [0.1, 0.15) is 11.4 Å². The number of hydrogen-bond donors (Lipinski definition) is 1. The minimum Gasteiger partial charge on any atom is -0.461 e. The van der Waals surface area contributed by atoms with E-state index in [4.69, 9.17) is 0 Å². The Bertz CT molecular complexity index is 654. The Morgan fingerprint density at radius 2 is 2.04 bits per heavy atom. The third-order valence-corrected chi connectivity index (χ3v) is 3.75. The molecule has 0 spiro atoms. The molecule has 1 aliphatic heterocycles. The number of alkyl carbamates (subject to hydrolysis) is 1. The van der Waals surface area contributed by atoms with E-state index in [1.807, 2.05) is 5.32 Å². The molecule has 2 rings (SSSR count). The standard InChI is InChI=1S/C15H15F4NO4/c1-3-23-12(21)15(18,19)11-10(17)14(2,20-13(22)24-11)8-6-4-5-7-9(8)16/h4-7,10-11H,3H2,1-2H3,(H,20,22)/t10-,11-,14+/m0/s1. The Morgan fingerprint density at radius 1 is 1.42 bits per heavy atom. The molecule has 1 aliphatic rings. The summed E-state index contributed by atoms with van der Waals surface area (Å²) in [5, 5.41) is 2.01. The van der Waals surface area contributed by atoms with Gasteiger partial charge in [0.05, 0.1) is 6.61 Å². The van der Waals surface area contributed by atoms with Crippen LogP contribution in [0.5, 0.6) is 0 Å². The highest BCUT2D eigenvalue weighted by Gasteiger charge is 2.63. The van der Waals surface area contributed by atoms with Crippen LogP contribution in [0.1, 0.15) is 19.4 Å². The van der Waals surface area contributed by atoms with Crippen molar-refractivity contribution in [2.24, 2.45) is 0 Å². The molecule has 9 heteroatoms. The van der Waals surface area contributed by atoms with Gasteiger partial charge in [0, 0.05) is 5.56 Å². The zero-order chi connectivity index (χ0) is 18.1. The number of esters is 1. The van der Waals surface area contributed by atoms with Crippen molar-refractivity contribution in [3.63, 3.8) is 0 Å². The van der Waals surface area contributed by atoms with Gasteiger partial charge < -0.3 is 14.8 Å². The molecule has 0 aromatic heterocycles. The summed E-state index contributed by atoms with van der Waals surface area (Å²) in [6, 6.07) is 4.82. The average Bonchev–Trinajstić information content (AvgIpc) is 2.51. The van der Waals surface area contributed by atoms with Crippen molar-refractivity contribution in [1.82, 2.24) is 5.32 Å².